The molecule has 1 aliphatic heterocycles. The molecule has 1 heterocycles. The quantitative estimate of drug-likeness (QED) is 0.536. The number of carbonyl (C=O) groups is 1. The Balaban J connectivity index is 2.07. The molecule has 1 fully saturated rings. The molecule has 0 aliphatic carbocycles. The number of ether oxygens (including phenoxy) is 3. The number of phenolic OH excluding ortho intramolecular Hbond substituents is 2. The summed E-state index contributed by atoms with van der Waals surface area (Å²) in [6.45, 7) is 1.88. The summed E-state index contributed by atoms with van der Waals surface area (Å²) >= 11 is 0. The third-order valence-electron chi connectivity index (χ3n) is 5.26. The van der Waals surface area contributed by atoms with Crippen molar-refractivity contribution in [2.75, 3.05) is 20.8 Å². The molecule has 160 valence electrons. The lowest BCUT2D eigenvalue weighted by Gasteiger charge is -2.37. The fourth-order valence-electron chi connectivity index (χ4n) is 3.84. The second-order valence-corrected chi connectivity index (χ2v) is 6.95. The van der Waals surface area contributed by atoms with E-state index in [0.717, 1.165) is 0 Å². The first-order valence-corrected chi connectivity index (χ1v) is 9.64. The van der Waals surface area contributed by atoms with Gasteiger partial charge in [0.1, 0.15) is 5.92 Å². The minimum atomic E-state index is -0.924. The molecular formula is C22H26N2O6. The second-order valence-electron chi connectivity index (χ2n) is 6.95. The summed E-state index contributed by atoms with van der Waals surface area (Å²) in [5.74, 6) is -1.05. The molecule has 3 atom stereocenters. The number of benzene rings is 2. The number of nitrogens with one attached hydrogen (secondary N) is 2. The topological polar surface area (TPSA) is 121 Å². The van der Waals surface area contributed by atoms with E-state index < -0.39 is 24.0 Å². The van der Waals surface area contributed by atoms with Crippen molar-refractivity contribution in [1.29, 1.82) is 5.41 Å². The van der Waals surface area contributed by atoms with Gasteiger partial charge in [0.15, 0.2) is 23.0 Å². The van der Waals surface area contributed by atoms with Crippen molar-refractivity contribution in [3.63, 3.8) is 0 Å². The van der Waals surface area contributed by atoms with Crippen molar-refractivity contribution in [1.82, 2.24) is 5.32 Å². The number of methoxy groups -OCH3 is 2. The highest BCUT2D eigenvalue weighted by atomic mass is 16.5. The van der Waals surface area contributed by atoms with Gasteiger partial charge in [-0.1, -0.05) is 24.3 Å². The lowest BCUT2D eigenvalue weighted by Crippen LogP contribution is -2.46. The van der Waals surface area contributed by atoms with Gasteiger partial charge in [-0.2, -0.15) is 0 Å². The SMILES string of the molecule is CCOC(=O)[C@H]1C(=N)C[C@@H](c2cccc(OC)c2O)N[C@H]1c1cccc(OC)c1O. The Bertz CT molecular complexity index is 945. The highest BCUT2D eigenvalue weighted by Crippen LogP contribution is 2.44. The largest absolute Gasteiger partial charge is 0.504 e. The lowest BCUT2D eigenvalue weighted by molar-refractivity contribution is -0.146. The Labute approximate surface area is 174 Å². The molecule has 1 aliphatic rings. The predicted octanol–water partition coefficient (Wildman–Crippen LogP) is 3.09. The van der Waals surface area contributed by atoms with Crippen molar-refractivity contribution in [3.8, 4) is 23.0 Å². The molecule has 8 heteroatoms. The third-order valence-corrected chi connectivity index (χ3v) is 5.26. The van der Waals surface area contributed by atoms with Crippen LogP contribution in [-0.4, -0.2) is 42.7 Å². The molecule has 3 rings (SSSR count). The van der Waals surface area contributed by atoms with E-state index in [1.807, 2.05) is 0 Å². The van der Waals surface area contributed by atoms with E-state index in [2.05, 4.69) is 5.32 Å². The van der Waals surface area contributed by atoms with Crippen LogP contribution in [0.5, 0.6) is 23.0 Å². The number of para-hydroxylation sites is 2. The molecule has 1 saturated heterocycles. The van der Waals surface area contributed by atoms with Crippen molar-refractivity contribution >= 4 is 11.7 Å². The molecule has 8 nitrogen and oxygen atoms in total. The zero-order valence-corrected chi connectivity index (χ0v) is 17.1. The first-order valence-electron chi connectivity index (χ1n) is 9.64. The summed E-state index contributed by atoms with van der Waals surface area (Å²) < 4.78 is 15.6. The number of carbonyl (C=O) groups excluding carboxylic acids is 1. The standard InChI is InChI=1S/C22H26N2O6/c1-4-30-22(27)18-14(23)11-15(12-7-5-9-16(28-2)20(12)25)24-19(18)13-8-6-10-17(29-3)21(13)26/h5-10,15,18-19,23-26H,4,11H2,1-3H3/t15-,18-,19-/m0/s1. The molecule has 2 aromatic carbocycles. The van der Waals surface area contributed by atoms with Gasteiger partial charge in [-0.15, -0.1) is 0 Å². The molecule has 0 unspecified atom stereocenters. The van der Waals surface area contributed by atoms with Gasteiger partial charge in [-0.25, -0.2) is 0 Å². The smallest absolute Gasteiger partial charge is 0.316 e. The number of phenols is 2. The first kappa shape index (κ1) is 21.4. The molecule has 30 heavy (non-hydrogen) atoms. The minimum absolute atomic E-state index is 0.0338. The Morgan fingerprint density at radius 1 is 1.07 bits per heavy atom. The Morgan fingerprint density at radius 3 is 2.20 bits per heavy atom. The van der Waals surface area contributed by atoms with Crippen LogP contribution in [0, 0.1) is 11.3 Å². The van der Waals surface area contributed by atoms with E-state index in [-0.39, 0.29) is 36.0 Å². The first-order chi connectivity index (χ1) is 14.4. The van der Waals surface area contributed by atoms with Gasteiger partial charge in [-0.05, 0) is 19.1 Å². The van der Waals surface area contributed by atoms with Crippen LogP contribution in [-0.2, 0) is 9.53 Å². The van der Waals surface area contributed by atoms with E-state index in [9.17, 15) is 15.0 Å². The fourth-order valence-corrected chi connectivity index (χ4v) is 3.84. The van der Waals surface area contributed by atoms with Crippen LogP contribution in [0.15, 0.2) is 36.4 Å². The number of piperidine rings is 1. The van der Waals surface area contributed by atoms with Crippen molar-refractivity contribution < 1.29 is 29.2 Å². The van der Waals surface area contributed by atoms with Crippen molar-refractivity contribution in [2.24, 2.45) is 5.92 Å². The summed E-state index contributed by atoms with van der Waals surface area (Å²) in [6.07, 6.45) is 0.186. The number of hydrogen-bond acceptors (Lipinski definition) is 8. The number of aromatic hydroxyl groups is 2. The maximum Gasteiger partial charge on any atom is 0.316 e. The van der Waals surface area contributed by atoms with E-state index in [1.165, 1.54) is 14.2 Å². The van der Waals surface area contributed by atoms with E-state index in [1.54, 1.807) is 43.3 Å². The van der Waals surface area contributed by atoms with Crippen LogP contribution in [0.4, 0.5) is 0 Å². The summed E-state index contributed by atoms with van der Waals surface area (Å²) in [4.78, 5) is 12.7. The Morgan fingerprint density at radius 2 is 1.63 bits per heavy atom. The van der Waals surface area contributed by atoms with Crippen LogP contribution in [0.1, 0.15) is 36.6 Å². The maximum atomic E-state index is 12.7. The molecular weight excluding hydrogens is 388 g/mol. The number of rotatable bonds is 6. The summed E-state index contributed by atoms with van der Waals surface area (Å²) in [6, 6.07) is 8.86. The number of hydrogen-bond donors (Lipinski definition) is 4. The van der Waals surface area contributed by atoms with Crippen LogP contribution >= 0.6 is 0 Å². The van der Waals surface area contributed by atoms with Gasteiger partial charge in [0, 0.05) is 29.3 Å². The zero-order chi connectivity index (χ0) is 21.8. The predicted molar refractivity (Wildman–Crippen MR) is 110 cm³/mol. The van der Waals surface area contributed by atoms with Crippen molar-refractivity contribution in [3.05, 3.63) is 47.5 Å². The zero-order valence-electron chi connectivity index (χ0n) is 17.1. The summed E-state index contributed by atoms with van der Waals surface area (Å²) in [5, 5.41) is 33.2. The van der Waals surface area contributed by atoms with E-state index in [4.69, 9.17) is 19.6 Å². The molecule has 4 N–H and O–H groups in total. The van der Waals surface area contributed by atoms with Gasteiger partial charge in [-0.3, -0.25) is 4.79 Å². The molecule has 0 radical (unpaired) electrons. The molecule has 0 aromatic heterocycles. The molecule has 0 bridgehead atoms. The van der Waals surface area contributed by atoms with E-state index >= 15 is 0 Å². The van der Waals surface area contributed by atoms with E-state index in [0.29, 0.717) is 16.9 Å². The highest BCUT2D eigenvalue weighted by molar-refractivity contribution is 6.02. The van der Waals surface area contributed by atoms with Gasteiger partial charge in [0.25, 0.3) is 0 Å². The number of esters is 1. The van der Waals surface area contributed by atoms with Crippen LogP contribution < -0.4 is 14.8 Å². The van der Waals surface area contributed by atoms with Crippen LogP contribution in [0.3, 0.4) is 0 Å². The molecule has 0 saturated carbocycles. The molecule has 0 spiro atoms. The minimum Gasteiger partial charge on any atom is -0.504 e. The van der Waals surface area contributed by atoms with Gasteiger partial charge >= 0.3 is 5.97 Å². The summed E-state index contributed by atoms with van der Waals surface area (Å²) in [7, 11) is 2.90. The molecule has 0 amide bonds. The average Bonchev–Trinajstić information content (AvgIpc) is 2.73. The fraction of sp³-hybridized carbons (Fsp3) is 0.364. The molecule has 2 aromatic rings. The third kappa shape index (κ3) is 3.91. The second kappa shape index (κ2) is 9.04. The lowest BCUT2D eigenvalue weighted by atomic mass is 9.80. The normalized spacial score (nSPS) is 21.2. The van der Waals surface area contributed by atoms with Gasteiger partial charge < -0.3 is 35.1 Å². The monoisotopic (exact) mass is 414 g/mol. The van der Waals surface area contributed by atoms with Crippen LogP contribution in [0.25, 0.3) is 0 Å². The Hall–Kier alpha value is -3.26. The maximum absolute atomic E-state index is 12.7. The Kier molecular flexibility index (Phi) is 6.47. The average molecular weight is 414 g/mol. The van der Waals surface area contributed by atoms with Crippen molar-refractivity contribution in [2.45, 2.75) is 25.4 Å². The summed E-state index contributed by atoms with van der Waals surface area (Å²) in [5.41, 5.74) is 1.09. The van der Waals surface area contributed by atoms with Crippen LogP contribution in [0.2, 0.25) is 0 Å². The highest BCUT2D eigenvalue weighted by Gasteiger charge is 2.42. The van der Waals surface area contributed by atoms with Gasteiger partial charge in [0.05, 0.1) is 26.9 Å². The van der Waals surface area contributed by atoms with Gasteiger partial charge in [0.2, 0.25) is 0 Å².